The molecule has 1 rings (SSSR count). The molecule has 1 N–H and O–H groups in total. The molecule has 0 heterocycles. The van der Waals surface area contributed by atoms with Gasteiger partial charge in [-0.15, -0.1) is 0 Å². The van der Waals surface area contributed by atoms with Crippen molar-refractivity contribution in [1.82, 2.24) is 0 Å². The minimum absolute atomic E-state index is 0.274. The van der Waals surface area contributed by atoms with Gasteiger partial charge in [0, 0.05) is 6.42 Å². The Kier molecular flexibility index (Phi) is 4.81. The summed E-state index contributed by atoms with van der Waals surface area (Å²) in [6, 6.07) is 6.11. The van der Waals surface area contributed by atoms with Crippen LogP contribution < -0.4 is 4.74 Å². The SMILES string of the molecule is Cc1cccc(C)c1OCCC(O)C(C)C. The van der Waals surface area contributed by atoms with Crippen LogP contribution in [0, 0.1) is 19.8 Å². The lowest BCUT2D eigenvalue weighted by Gasteiger charge is -2.16. The Hall–Kier alpha value is -1.02. The molecule has 90 valence electrons. The van der Waals surface area contributed by atoms with Crippen LogP contribution in [0.15, 0.2) is 18.2 Å². The van der Waals surface area contributed by atoms with Crippen molar-refractivity contribution in [3.05, 3.63) is 29.3 Å². The smallest absolute Gasteiger partial charge is 0.125 e. The van der Waals surface area contributed by atoms with Crippen LogP contribution in [0.3, 0.4) is 0 Å². The van der Waals surface area contributed by atoms with Crippen molar-refractivity contribution < 1.29 is 9.84 Å². The second kappa shape index (κ2) is 5.90. The zero-order valence-corrected chi connectivity index (χ0v) is 10.7. The summed E-state index contributed by atoms with van der Waals surface area (Å²) in [6.45, 7) is 8.70. The third-order valence-electron chi connectivity index (χ3n) is 2.84. The number of rotatable bonds is 5. The van der Waals surface area contributed by atoms with Crippen molar-refractivity contribution in [3.63, 3.8) is 0 Å². The van der Waals surface area contributed by atoms with Crippen LogP contribution in [0.5, 0.6) is 5.75 Å². The second-order valence-electron chi connectivity index (χ2n) is 4.67. The van der Waals surface area contributed by atoms with Gasteiger partial charge in [-0.3, -0.25) is 0 Å². The summed E-state index contributed by atoms with van der Waals surface area (Å²) >= 11 is 0. The Morgan fingerprint density at radius 1 is 1.19 bits per heavy atom. The molecule has 0 saturated carbocycles. The lowest BCUT2D eigenvalue weighted by molar-refractivity contribution is 0.0973. The van der Waals surface area contributed by atoms with E-state index < -0.39 is 0 Å². The number of aryl methyl sites for hydroxylation is 2. The van der Waals surface area contributed by atoms with Gasteiger partial charge in [0.1, 0.15) is 5.75 Å². The molecular weight excluding hydrogens is 200 g/mol. The van der Waals surface area contributed by atoms with Gasteiger partial charge in [0.2, 0.25) is 0 Å². The number of aliphatic hydroxyl groups is 1. The lowest BCUT2D eigenvalue weighted by Crippen LogP contribution is -2.18. The van der Waals surface area contributed by atoms with E-state index in [-0.39, 0.29) is 6.10 Å². The highest BCUT2D eigenvalue weighted by Crippen LogP contribution is 2.22. The van der Waals surface area contributed by atoms with Crippen molar-refractivity contribution in [2.45, 2.75) is 40.2 Å². The standard InChI is InChI=1S/C14H22O2/c1-10(2)13(15)8-9-16-14-11(3)6-5-7-12(14)4/h5-7,10,13,15H,8-9H2,1-4H3. The van der Waals surface area contributed by atoms with E-state index in [0.717, 1.165) is 16.9 Å². The third kappa shape index (κ3) is 3.53. The van der Waals surface area contributed by atoms with Crippen molar-refractivity contribution in [3.8, 4) is 5.75 Å². The number of aliphatic hydroxyl groups excluding tert-OH is 1. The highest BCUT2D eigenvalue weighted by atomic mass is 16.5. The molecule has 0 aliphatic heterocycles. The Balaban J connectivity index is 2.49. The highest BCUT2D eigenvalue weighted by Gasteiger charge is 2.10. The number of benzene rings is 1. The molecule has 0 bridgehead atoms. The number of para-hydroxylation sites is 1. The molecule has 0 amide bonds. The molecule has 2 heteroatoms. The highest BCUT2D eigenvalue weighted by molar-refractivity contribution is 5.39. The minimum atomic E-state index is -0.274. The summed E-state index contributed by atoms with van der Waals surface area (Å²) in [7, 11) is 0. The molecule has 0 fully saturated rings. The van der Waals surface area contributed by atoms with Gasteiger partial charge < -0.3 is 9.84 Å². The molecule has 0 spiro atoms. The average molecular weight is 222 g/mol. The van der Waals surface area contributed by atoms with E-state index in [9.17, 15) is 5.11 Å². The van der Waals surface area contributed by atoms with E-state index in [1.807, 2.05) is 45.9 Å². The predicted octanol–water partition coefficient (Wildman–Crippen LogP) is 3.09. The number of hydrogen-bond donors (Lipinski definition) is 1. The fourth-order valence-electron chi connectivity index (χ4n) is 1.64. The molecule has 0 radical (unpaired) electrons. The first-order valence-corrected chi connectivity index (χ1v) is 5.89. The maximum atomic E-state index is 9.66. The van der Waals surface area contributed by atoms with Crippen molar-refractivity contribution >= 4 is 0 Å². The second-order valence-corrected chi connectivity index (χ2v) is 4.67. The Bertz CT molecular complexity index is 311. The van der Waals surface area contributed by atoms with Gasteiger partial charge in [-0.25, -0.2) is 0 Å². The van der Waals surface area contributed by atoms with Crippen molar-refractivity contribution in [2.24, 2.45) is 5.92 Å². The Labute approximate surface area is 98.3 Å². The fourth-order valence-corrected chi connectivity index (χ4v) is 1.64. The zero-order chi connectivity index (χ0) is 12.1. The van der Waals surface area contributed by atoms with Crippen LogP contribution in [-0.4, -0.2) is 17.8 Å². The maximum Gasteiger partial charge on any atom is 0.125 e. The van der Waals surface area contributed by atoms with Gasteiger partial charge in [0.25, 0.3) is 0 Å². The molecule has 0 aromatic heterocycles. The monoisotopic (exact) mass is 222 g/mol. The molecule has 0 aliphatic rings. The average Bonchev–Trinajstić information content (AvgIpc) is 2.22. The van der Waals surface area contributed by atoms with Crippen molar-refractivity contribution in [1.29, 1.82) is 0 Å². The Morgan fingerprint density at radius 2 is 1.75 bits per heavy atom. The molecular formula is C14H22O2. The number of ether oxygens (including phenoxy) is 1. The van der Waals surface area contributed by atoms with Crippen LogP contribution >= 0.6 is 0 Å². The van der Waals surface area contributed by atoms with E-state index in [0.29, 0.717) is 18.9 Å². The lowest BCUT2D eigenvalue weighted by atomic mass is 10.1. The van der Waals surface area contributed by atoms with Gasteiger partial charge in [-0.2, -0.15) is 0 Å². The molecule has 1 atom stereocenters. The van der Waals surface area contributed by atoms with E-state index in [4.69, 9.17) is 4.74 Å². The predicted molar refractivity (Wildman–Crippen MR) is 66.9 cm³/mol. The van der Waals surface area contributed by atoms with Gasteiger partial charge in [-0.1, -0.05) is 32.0 Å². The van der Waals surface area contributed by atoms with Crippen LogP contribution in [-0.2, 0) is 0 Å². The van der Waals surface area contributed by atoms with Crippen LogP contribution in [0.25, 0.3) is 0 Å². The first-order chi connectivity index (χ1) is 7.52. The summed E-state index contributed by atoms with van der Waals surface area (Å²) < 4.78 is 5.73. The van der Waals surface area contributed by atoms with Gasteiger partial charge in [0.15, 0.2) is 0 Å². The quantitative estimate of drug-likeness (QED) is 0.829. The zero-order valence-electron chi connectivity index (χ0n) is 10.7. The maximum absolute atomic E-state index is 9.66. The Morgan fingerprint density at radius 3 is 2.25 bits per heavy atom. The summed E-state index contributed by atoms with van der Waals surface area (Å²) in [5.74, 6) is 1.25. The molecule has 0 saturated heterocycles. The van der Waals surface area contributed by atoms with Crippen LogP contribution in [0.4, 0.5) is 0 Å². The molecule has 16 heavy (non-hydrogen) atoms. The summed E-state index contributed by atoms with van der Waals surface area (Å²) in [6.07, 6.45) is 0.412. The van der Waals surface area contributed by atoms with Gasteiger partial charge in [0.05, 0.1) is 12.7 Å². The summed E-state index contributed by atoms with van der Waals surface area (Å²) in [5, 5.41) is 9.66. The van der Waals surface area contributed by atoms with Gasteiger partial charge in [-0.05, 0) is 30.9 Å². The minimum Gasteiger partial charge on any atom is -0.493 e. The molecule has 1 aromatic carbocycles. The molecule has 2 nitrogen and oxygen atoms in total. The first-order valence-electron chi connectivity index (χ1n) is 5.89. The van der Waals surface area contributed by atoms with E-state index >= 15 is 0 Å². The fraction of sp³-hybridized carbons (Fsp3) is 0.571. The summed E-state index contributed by atoms with van der Waals surface area (Å²) in [5.41, 5.74) is 2.30. The van der Waals surface area contributed by atoms with E-state index in [1.165, 1.54) is 0 Å². The normalized spacial score (nSPS) is 12.9. The molecule has 1 unspecified atom stereocenters. The number of hydrogen-bond acceptors (Lipinski definition) is 2. The van der Waals surface area contributed by atoms with Crippen LogP contribution in [0.1, 0.15) is 31.4 Å². The molecule has 0 aliphatic carbocycles. The van der Waals surface area contributed by atoms with Crippen molar-refractivity contribution in [2.75, 3.05) is 6.61 Å². The molecule has 1 aromatic rings. The largest absolute Gasteiger partial charge is 0.493 e. The van der Waals surface area contributed by atoms with E-state index in [1.54, 1.807) is 0 Å². The van der Waals surface area contributed by atoms with E-state index in [2.05, 4.69) is 0 Å². The summed E-state index contributed by atoms with van der Waals surface area (Å²) in [4.78, 5) is 0. The first kappa shape index (κ1) is 13.0. The van der Waals surface area contributed by atoms with Crippen LogP contribution in [0.2, 0.25) is 0 Å². The van der Waals surface area contributed by atoms with Gasteiger partial charge >= 0.3 is 0 Å². The third-order valence-corrected chi connectivity index (χ3v) is 2.84. The topological polar surface area (TPSA) is 29.5 Å².